The highest BCUT2D eigenvalue weighted by Crippen LogP contribution is 2.31. The van der Waals surface area contributed by atoms with E-state index in [2.05, 4.69) is 53.6 Å². The Bertz CT molecular complexity index is 779. The molecule has 2 N–H and O–H groups in total. The summed E-state index contributed by atoms with van der Waals surface area (Å²) in [5, 5.41) is 11.1. The summed E-state index contributed by atoms with van der Waals surface area (Å²) < 4.78 is 13.7. The van der Waals surface area contributed by atoms with Crippen molar-refractivity contribution in [2.75, 3.05) is 26.8 Å². The van der Waals surface area contributed by atoms with E-state index in [9.17, 15) is 0 Å². The molecule has 0 bridgehead atoms. The van der Waals surface area contributed by atoms with Crippen LogP contribution in [-0.2, 0) is 6.54 Å². The van der Waals surface area contributed by atoms with Crippen LogP contribution in [0.5, 0.6) is 11.5 Å². The fourth-order valence-electron chi connectivity index (χ4n) is 2.81. The Balaban J connectivity index is 0.00000450. The lowest BCUT2D eigenvalue weighted by Gasteiger charge is -2.20. The first-order valence-electron chi connectivity index (χ1n) is 10.4. The van der Waals surface area contributed by atoms with Crippen molar-refractivity contribution in [3.8, 4) is 11.5 Å². The van der Waals surface area contributed by atoms with Gasteiger partial charge in [-0.15, -0.1) is 24.0 Å². The summed E-state index contributed by atoms with van der Waals surface area (Å²) in [7, 11) is 1.78. The third kappa shape index (κ3) is 8.41. The van der Waals surface area contributed by atoms with Gasteiger partial charge in [-0.1, -0.05) is 19.9 Å². The van der Waals surface area contributed by atoms with Crippen molar-refractivity contribution in [1.82, 2.24) is 20.4 Å². The summed E-state index contributed by atoms with van der Waals surface area (Å²) in [6.45, 7) is 11.2. The molecular formula is C22H36IN5O2. The van der Waals surface area contributed by atoms with Crippen LogP contribution in [0.25, 0.3) is 0 Å². The smallest absolute Gasteiger partial charge is 0.191 e. The molecule has 1 aromatic heterocycles. The first kappa shape index (κ1) is 26.1. The molecular weight excluding hydrogens is 493 g/mol. The van der Waals surface area contributed by atoms with Crippen LogP contribution in [0.2, 0.25) is 0 Å². The van der Waals surface area contributed by atoms with Crippen LogP contribution < -0.4 is 20.1 Å². The molecule has 0 aliphatic carbocycles. The van der Waals surface area contributed by atoms with Gasteiger partial charge >= 0.3 is 0 Å². The molecule has 0 spiro atoms. The summed E-state index contributed by atoms with van der Waals surface area (Å²) in [6.07, 6.45) is 5.81. The van der Waals surface area contributed by atoms with E-state index < -0.39 is 0 Å². The van der Waals surface area contributed by atoms with Gasteiger partial charge in [0.2, 0.25) is 0 Å². The fourth-order valence-corrected chi connectivity index (χ4v) is 2.81. The van der Waals surface area contributed by atoms with Crippen molar-refractivity contribution in [3.05, 3.63) is 41.7 Å². The highest BCUT2D eigenvalue weighted by molar-refractivity contribution is 14.0. The number of nitrogens with zero attached hydrogens (tertiary/aromatic N) is 3. The van der Waals surface area contributed by atoms with E-state index in [1.54, 1.807) is 7.05 Å². The molecule has 2 aromatic rings. The molecule has 0 aliphatic rings. The first-order chi connectivity index (χ1) is 14.1. The van der Waals surface area contributed by atoms with Crippen LogP contribution in [0.1, 0.15) is 50.8 Å². The summed E-state index contributed by atoms with van der Waals surface area (Å²) in [4.78, 5) is 4.33. The van der Waals surface area contributed by atoms with Gasteiger partial charge in [-0.3, -0.25) is 9.67 Å². The molecule has 7 nitrogen and oxygen atoms in total. The minimum Gasteiger partial charge on any atom is -0.490 e. The van der Waals surface area contributed by atoms with E-state index in [0.29, 0.717) is 13.2 Å². The highest BCUT2D eigenvalue weighted by atomic mass is 127. The number of rotatable bonds is 11. The maximum absolute atomic E-state index is 5.91. The lowest BCUT2D eigenvalue weighted by molar-refractivity contribution is 0.268. The summed E-state index contributed by atoms with van der Waals surface area (Å²) in [5.74, 6) is 2.35. The van der Waals surface area contributed by atoms with Gasteiger partial charge in [0, 0.05) is 19.8 Å². The van der Waals surface area contributed by atoms with Crippen molar-refractivity contribution < 1.29 is 9.47 Å². The van der Waals surface area contributed by atoms with Crippen LogP contribution in [0.15, 0.2) is 35.6 Å². The van der Waals surface area contributed by atoms with Crippen molar-refractivity contribution in [3.63, 3.8) is 0 Å². The standard InChI is InChI=1S/C22H35N5O2.HI/c1-6-12-28-20-9-8-19(14-21(20)29-13-7-2)18(4)26-22(23-5)24-10-11-27-16-17(3)15-25-27;/h8-9,14-16,18H,6-7,10-13H2,1-5H3,(H2,23,24,26);1H. The number of hydrogen-bond acceptors (Lipinski definition) is 4. The third-order valence-electron chi connectivity index (χ3n) is 4.36. The van der Waals surface area contributed by atoms with E-state index >= 15 is 0 Å². The second kappa shape index (κ2) is 14.1. The van der Waals surface area contributed by atoms with Gasteiger partial charge in [0.1, 0.15) is 0 Å². The largest absolute Gasteiger partial charge is 0.490 e. The topological polar surface area (TPSA) is 72.7 Å². The molecule has 0 amide bonds. The molecule has 0 aliphatic heterocycles. The molecule has 8 heteroatoms. The average molecular weight is 529 g/mol. The number of aliphatic imine (C=N–C) groups is 1. The molecule has 0 saturated heterocycles. The second-order valence-corrected chi connectivity index (χ2v) is 7.05. The second-order valence-electron chi connectivity index (χ2n) is 7.05. The van der Waals surface area contributed by atoms with Crippen molar-refractivity contribution in [2.24, 2.45) is 4.99 Å². The Hall–Kier alpha value is -1.97. The Kier molecular flexibility index (Phi) is 12.3. The zero-order chi connectivity index (χ0) is 21.1. The van der Waals surface area contributed by atoms with Crippen LogP contribution in [0.4, 0.5) is 0 Å². The van der Waals surface area contributed by atoms with Crippen LogP contribution in [-0.4, -0.2) is 42.5 Å². The Morgan fingerprint density at radius 1 is 1.17 bits per heavy atom. The number of aryl methyl sites for hydroxylation is 1. The lowest BCUT2D eigenvalue weighted by Crippen LogP contribution is -2.40. The van der Waals surface area contributed by atoms with Crippen LogP contribution in [0, 0.1) is 6.92 Å². The molecule has 1 heterocycles. The summed E-state index contributed by atoms with van der Waals surface area (Å²) >= 11 is 0. The molecule has 1 atom stereocenters. The number of halogens is 1. The van der Waals surface area contributed by atoms with Gasteiger partial charge in [0.05, 0.1) is 32.0 Å². The van der Waals surface area contributed by atoms with E-state index in [-0.39, 0.29) is 30.0 Å². The molecule has 0 saturated carbocycles. The molecule has 0 fully saturated rings. The fraction of sp³-hybridized carbons (Fsp3) is 0.545. The lowest BCUT2D eigenvalue weighted by atomic mass is 10.1. The van der Waals surface area contributed by atoms with Gasteiger partial charge in [-0.25, -0.2) is 0 Å². The zero-order valence-electron chi connectivity index (χ0n) is 18.8. The maximum atomic E-state index is 5.91. The van der Waals surface area contributed by atoms with Crippen molar-refractivity contribution >= 4 is 29.9 Å². The maximum Gasteiger partial charge on any atom is 0.191 e. The van der Waals surface area contributed by atoms with E-state index in [1.807, 2.05) is 30.1 Å². The number of benzene rings is 1. The quantitative estimate of drug-likeness (QED) is 0.258. The normalized spacial score (nSPS) is 12.1. The Labute approximate surface area is 197 Å². The van der Waals surface area contributed by atoms with Gasteiger partial charge in [0.25, 0.3) is 0 Å². The van der Waals surface area contributed by atoms with E-state index in [4.69, 9.17) is 9.47 Å². The number of guanidine groups is 1. The summed E-state index contributed by atoms with van der Waals surface area (Å²) in [6, 6.07) is 6.18. The van der Waals surface area contributed by atoms with Crippen molar-refractivity contribution in [2.45, 2.75) is 53.1 Å². The minimum absolute atomic E-state index is 0. The van der Waals surface area contributed by atoms with Crippen LogP contribution >= 0.6 is 24.0 Å². The monoisotopic (exact) mass is 529 g/mol. The minimum atomic E-state index is 0. The number of nitrogens with one attached hydrogen (secondary N) is 2. The number of ether oxygens (including phenoxy) is 2. The van der Waals surface area contributed by atoms with Gasteiger partial charge in [0.15, 0.2) is 17.5 Å². The highest BCUT2D eigenvalue weighted by Gasteiger charge is 2.13. The van der Waals surface area contributed by atoms with Crippen LogP contribution in [0.3, 0.4) is 0 Å². The third-order valence-corrected chi connectivity index (χ3v) is 4.36. The average Bonchev–Trinajstić information content (AvgIpc) is 3.14. The summed E-state index contributed by atoms with van der Waals surface area (Å²) in [5.41, 5.74) is 2.28. The Morgan fingerprint density at radius 3 is 2.47 bits per heavy atom. The molecule has 2 rings (SSSR count). The molecule has 168 valence electrons. The van der Waals surface area contributed by atoms with Gasteiger partial charge in [-0.05, 0) is 49.9 Å². The zero-order valence-corrected chi connectivity index (χ0v) is 21.1. The predicted octanol–water partition coefficient (Wildman–Crippen LogP) is 4.31. The molecule has 0 radical (unpaired) electrons. The number of aromatic nitrogens is 2. The molecule has 1 unspecified atom stereocenters. The SMILES string of the molecule is CCCOc1ccc(C(C)NC(=NC)NCCn2cc(C)cn2)cc1OCCC.I. The van der Waals surface area contributed by atoms with Gasteiger partial charge < -0.3 is 20.1 Å². The molecule has 1 aromatic carbocycles. The molecule has 30 heavy (non-hydrogen) atoms. The van der Waals surface area contributed by atoms with E-state index in [1.165, 1.54) is 0 Å². The Morgan fingerprint density at radius 2 is 1.87 bits per heavy atom. The van der Waals surface area contributed by atoms with E-state index in [0.717, 1.165) is 54.5 Å². The predicted molar refractivity (Wildman–Crippen MR) is 133 cm³/mol. The number of hydrogen-bond donors (Lipinski definition) is 2. The van der Waals surface area contributed by atoms with Crippen molar-refractivity contribution in [1.29, 1.82) is 0 Å². The van der Waals surface area contributed by atoms with Gasteiger partial charge in [-0.2, -0.15) is 5.10 Å². The first-order valence-corrected chi connectivity index (χ1v) is 10.4.